The van der Waals surface area contributed by atoms with Crippen LogP contribution in [-0.4, -0.2) is 8.42 Å². The molecule has 3 aromatic carbocycles. The second-order valence-corrected chi connectivity index (χ2v) is 8.95. The molecular formula is C23H24FNO2S. The third-order valence-corrected chi connectivity index (χ3v) is 6.76. The zero-order valence-electron chi connectivity index (χ0n) is 16.5. The molecule has 0 aliphatic rings. The van der Waals surface area contributed by atoms with Crippen LogP contribution in [0.1, 0.15) is 35.2 Å². The van der Waals surface area contributed by atoms with Gasteiger partial charge >= 0.3 is 0 Å². The van der Waals surface area contributed by atoms with Gasteiger partial charge in [-0.3, -0.25) is 4.31 Å². The molecule has 0 N–H and O–H groups in total. The fraction of sp³-hybridized carbons (Fsp3) is 0.217. The molecule has 1 atom stereocenters. The van der Waals surface area contributed by atoms with Gasteiger partial charge in [0.2, 0.25) is 0 Å². The van der Waals surface area contributed by atoms with Crippen LogP contribution >= 0.6 is 0 Å². The maximum Gasteiger partial charge on any atom is 0.264 e. The van der Waals surface area contributed by atoms with Gasteiger partial charge in [-0.25, -0.2) is 12.8 Å². The largest absolute Gasteiger partial charge is 0.264 e. The van der Waals surface area contributed by atoms with E-state index in [0.29, 0.717) is 11.3 Å². The molecule has 3 nitrogen and oxygen atoms in total. The summed E-state index contributed by atoms with van der Waals surface area (Å²) in [6.07, 6.45) is 0. The summed E-state index contributed by atoms with van der Waals surface area (Å²) in [6, 6.07) is 18.7. The quantitative estimate of drug-likeness (QED) is 0.553. The monoisotopic (exact) mass is 397 g/mol. The molecule has 0 aliphatic heterocycles. The first-order valence-electron chi connectivity index (χ1n) is 9.14. The second kappa shape index (κ2) is 7.76. The fourth-order valence-corrected chi connectivity index (χ4v) is 4.81. The Bertz CT molecular complexity index is 1090. The third kappa shape index (κ3) is 3.94. The van der Waals surface area contributed by atoms with Gasteiger partial charge in [-0.2, -0.15) is 0 Å². The van der Waals surface area contributed by atoms with Gasteiger partial charge in [0, 0.05) is 0 Å². The number of sulfonamides is 1. The molecule has 0 aromatic heterocycles. The number of anilines is 1. The van der Waals surface area contributed by atoms with E-state index in [-0.39, 0.29) is 4.90 Å². The maximum absolute atomic E-state index is 14.1. The highest BCUT2D eigenvalue weighted by molar-refractivity contribution is 7.92. The van der Waals surface area contributed by atoms with Gasteiger partial charge in [-0.05, 0) is 68.7 Å². The first-order valence-corrected chi connectivity index (χ1v) is 10.6. The Labute approximate surface area is 166 Å². The lowest BCUT2D eigenvalue weighted by Gasteiger charge is -2.31. The predicted octanol–water partition coefficient (Wildman–Crippen LogP) is 5.71. The molecule has 0 radical (unpaired) electrons. The van der Waals surface area contributed by atoms with Crippen LogP contribution < -0.4 is 4.31 Å². The summed E-state index contributed by atoms with van der Waals surface area (Å²) in [7, 11) is -3.97. The molecule has 0 saturated heterocycles. The van der Waals surface area contributed by atoms with Crippen molar-refractivity contribution in [2.24, 2.45) is 0 Å². The molecule has 3 rings (SSSR count). The Balaban J connectivity index is 2.17. The summed E-state index contributed by atoms with van der Waals surface area (Å²) >= 11 is 0. The minimum Gasteiger partial charge on any atom is -0.259 e. The van der Waals surface area contributed by atoms with Gasteiger partial charge in [-0.1, -0.05) is 48.0 Å². The minimum atomic E-state index is -3.97. The zero-order chi connectivity index (χ0) is 20.5. The van der Waals surface area contributed by atoms with Crippen LogP contribution in [0.5, 0.6) is 0 Å². The molecule has 0 saturated carbocycles. The van der Waals surface area contributed by atoms with E-state index >= 15 is 0 Å². The Hall–Kier alpha value is -2.66. The normalized spacial score (nSPS) is 12.6. The molecule has 0 aliphatic carbocycles. The van der Waals surface area contributed by atoms with Gasteiger partial charge in [-0.15, -0.1) is 0 Å². The lowest BCUT2D eigenvalue weighted by Crippen LogP contribution is -2.34. The Morgan fingerprint density at radius 2 is 1.54 bits per heavy atom. The lowest BCUT2D eigenvalue weighted by atomic mass is 10.1. The van der Waals surface area contributed by atoms with Crippen LogP contribution in [0.15, 0.2) is 71.6 Å². The van der Waals surface area contributed by atoms with Crippen molar-refractivity contribution < 1.29 is 12.8 Å². The van der Waals surface area contributed by atoms with Crippen molar-refractivity contribution in [3.05, 3.63) is 94.8 Å². The highest BCUT2D eigenvalue weighted by atomic mass is 32.2. The average molecular weight is 398 g/mol. The molecule has 0 bridgehead atoms. The molecule has 28 heavy (non-hydrogen) atoms. The number of rotatable bonds is 5. The molecule has 5 heteroatoms. The van der Waals surface area contributed by atoms with Crippen LogP contribution in [0.25, 0.3) is 0 Å². The summed E-state index contributed by atoms with van der Waals surface area (Å²) in [5, 5.41) is 0. The number of nitrogens with zero attached hydrogens (tertiary/aromatic N) is 1. The topological polar surface area (TPSA) is 37.4 Å². The smallest absolute Gasteiger partial charge is 0.259 e. The molecule has 3 aromatic rings. The first kappa shape index (κ1) is 20.1. The summed E-state index contributed by atoms with van der Waals surface area (Å²) < 4.78 is 42.6. The van der Waals surface area contributed by atoms with Gasteiger partial charge < -0.3 is 0 Å². The van der Waals surface area contributed by atoms with E-state index < -0.39 is 21.9 Å². The summed E-state index contributed by atoms with van der Waals surface area (Å²) in [5.74, 6) is -0.534. The van der Waals surface area contributed by atoms with E-state index in [1.54, 1.807) is 13.0 Å². The van der Waals surface area contributed by atoms with E-state index in [0.717, 1.165) is 22.8 Å². The van der Waals surface area contributed by atoms with Crippen molar-refractivity contribution >= 4 is 15.7 Å². The van der Waals surface area contributed by atoms with Crippen LogP contribution in [0.3, 0.4) is 0 Å². The van der Waals surface area contributed by atoms with E-state index in [9.17, 15) is 12.8 Å². The van der Waals surface area contributed by atoms with E-state index in [4.69, 9.17) is 0 Å². The van der Waals surface area contributed by atoms with Crippen molar-refractivity contribution in [1.82, 2.24) is 0 Å². The van der Waals surface area contributed by atoms with Crippen molar-refractivity contribution in [2.75, 3.05) is 4.31 Å². The molecular weight excluding hydrogens is 373 g/mol. The molecule has 146 valence electrons. The molecule has 0 spiro atoms. The van der Waals surface area contributed by atoms with Gasteiger partial charge in [0.1, 0.15) is 5.82 Å². The summed E-state index contributed by atoms with van der Waals surface area (Å²) in [4.78, 5) is -0.0592. The van der Waals surface area contributed by atoms with Crippen LogP contribution in [0.4, 0.5) is 10.1 Å². The van der Waals surface area contributed by atoms with Crippen molar-refractivity contribution in [3.8, 4) is 0 Å². The SMILES string of the molecule is Cc1ccc(C(C)N(c2cccc(C)c2)S(=O)(=O)c2ccc(C)c(F)c2)cc1. The minimum absolute atomic E-state index is 0.0592. The van der Waals surface area contributed by atoms with Crippen molar-refractivity contribution in [2.45, 2.75) is 38.6 Å². The second-order valence-electron chi connectivity index (χ2n) is 7.14. The van der Waals surface area contributed by atoms with E-state index in [2.05, 4.69) is 0 Å². The van der Waals surface area contributed by atoms with Gasteiger partial charge in [0.25, 0.3) is 10.0 Å². The fourth-order valence-electron chi connectivity index (χ4n) is 3.16. The first-order chi connectivity index (χ1) is 13.2. The van der Waals surface area contributed by atoms with E-state index in [1.165, 1.54) is 16.4 Å². The number of aryl methyl sites for hydroxylation is 3. The van der Waals surface area contributed by atoms with Gasteiger partial charge in [0.05, 0.1) is 16.6 Å². The molecule has 1 unspecified atom stereocenters. The summed E-state index contributed by atoms with van der Waals surface area (Å²) in [6.45, 7) is 7.35. The Morgan fingerprint density at radius 1 is 0.857 bits per heavy atom. The van der Waals surface area contributed by atoms with E-state index in [1.807, 2.05) is 63.2 Å². The number of halogens is 1. The number of hydrogen-bond donors (Lipinski definition) is 0. The number of hydrogen-bond acceptors (Lipinski definition) is 2. The van der Waals surface area contributed by atoms with Crippen molar-refractivity contribution in [1.29, 1.82) is 0 Å². The average Bonchev–Trinajstić information content (AvgIpc) is 2.64. The third-order valence-electron chi connectivity index (χ3n) is 4.87. The van der Waals surface area contributed by atoms with Gasteiger partial charge in [0.15, 0.2) is 0 Å². The summed E-state index contributed by atoms with van der Waals surface area (Å²) in [5.41, 5.74) is 3.87. The predicted molar refractivity (Wildman–Crippen MR) is 112 cm³/mol. The number of benzene rings is 3. The standard InChI is InChI=1S/C23H24FNO2S/c1-16-8-11-20(12-9-16)19(4)25(21-7-5-6-17(2)14-21)28(26,27)22-13-10-18(3)23(24)15-22/h5-15,19H,1-4H3. The molecule has 0 heterocycles. The maximum atomic E-state index is 14.1. The van der Waals surface area contributed by atoms with Crippen LogP contribution in [0, 0.1) is 26.6 Å². The van der Waals surface area contributed by atoms with Crippen molar-refractivity contribution in [3.63, 3.8) is 0 Å². The highest BCUT2D eigenvalue weighted by Gasteiger charge is 2.31. The zero-order valence-corrected chi connectivity index (χ0v) is 17.3. The molecule has 0 fully saturated rings. The van der Waals surface area contributed by atoms with Crippen LogP contribution in [-0.2, 0) is 10.0 Å². The lowest BCUT2D eigenvalue weighted by molar-refractivity contribution is 0.578. The van der Waals surface area contributed by atoms with Crippen LogP contribution in [0.2, 0.25) is 0 Å². The Morgan fingerprint density at radius 3 is 2.14 bits per heavy atom. The molecule has 0 amide bonds. The Kier molecular flexibility index (Phi) is 5.57. The highest BCUT2D eigenvalue weighted by Crippen LogP contribution is 2.34.